The predicted octanol–water partition coefficient (Wildman–Crippen LogP) is 1.86. The van der Waals surface area contributed by atoms with Gasteiger partial charge in [0.2, 0.25) is 6.41 Å². The van der Waals surface area contributed by atoms with E-state index in [9.17, 15) is 4.79 Å². The number of likely N-dealkylation sites (tertiary alicyclic amines) is 1. The van der Waals surface area contributed by atoms with Crippen molar-refractivity contribution in [1.82, 2.24) is 14.9 Å². The number of piperidine rings is 1. The summed E-state index contributed by atoms with van der Waals surface area (Å²) in [7, 11) is 1.85. The highest BCUT2D eigenvalue weighted by Crippen LogP contribution is 2.21. The van der Waals surface area contributed by atoms with Crippen molar-refractivity contribution in [3.8, 4) is 11.8 Å². The minimum Gasteiger partial charge on any atom is -0.388 e. The first-order valence-electron chi connectivity index (χ1n) is 9.47. The summed E-state index contributed by atoms with van der Waals surface area (Å²) in [6, 6.07) is 5.94. The molecule has 1 aromatic heterocycles. The highest BCUT2D eigenvalue weighted by molar-refractivity contribution is 6.16. The number of nitrogens with one attached hydrogen (secondary N) is 3. The first-order chi connectivity index (χ1) is 14.0. The number of anilines is 3. The lowest BCUT2D eigenvalue weighted by Gasteiger charge is -2.31. The number of carbonyl (C=O) groups is 1. The van der Waals surface area contributed by atoms with Crippen LogP contribution in [0, 0.1) is 24.2 Å². The highest BCUT2D eigenvalue weighted by atomic mass is 16.1. The first kappa shape index (κ1) is 20.1. The number of benzene rings is 1. The van der Waals surface area contributed by atoms with Crippen LogP contribution < -0.4 is 16.4 Å². The van der Waals surface area contributed by atoms with E-state index in [4.69, 9.17) is 11.1 Å². The Labute approximate surface area is 170 Å². The quantitative estimate of drug-likeness (QED) is 0.351. The molecular weight excluding hydrogens is 366 g/mol. The second-order valence-corrected chi connectivity index (χ2v) is 6.97. The standard InChI is InChI=1S/C21H25N7O/c1-14-5-7-16(24-2)10-15(14)6-8-18(22)19-20(23)25-12-26-21(19)27-17-4-3-9-28(11-17)13-29/h5,7,10,12-13,17,22,24H,3-4,9,11H2,1-2H3,(H3,23,25,26,27). The van der Waals surface area contributed by atoms with Crippen molar-refractivity contribution in [3.63, 3.8) is 0 Å². The Hall–Kier alpha value is -3.60. The van der Waals surface area contributed by atoms with Gasteiger partial charge in [0.05, 0.1) is 5.56 Å². The van der Waals surface area contributed by atoms with Gasteiger partial charge < -0.3 is 21.3 Å². The van der Waals surface area contributed by atoms with Crippen LogP contribution in [0.2, 0.25) is 0 Å². The van der Waals surface area contributed by atoms with Crippen LogP contribution in [0.1, 0.15) is 29.5 Å². The van der Waals surface area contributed by atoms with Crippen LogP contribution >= 0.6 is 0 Å². The topological polar surface area (TPSA) is 120 Å². The third-order valence-corrected chi connectivity index (χ3v) is 4.92. The highest BCUT2D eigenvalue weighted by Gasteiger charge is 2.21. The summed E-state index contributed by atoms with van der Waals surface area (Å²) in [5.74, 6) is 6.60. The molecular formula is C21H25N7O. The number of nitrogen functional groups attached to an aromatic ring is 1. The number of hydrogen-bond donors (Lipinski definition) is 4. The summed E-state index contributed by atoms with van der Waals surface area (Å²) >= 11 is 0. The van der Waals surface area contributed by atoms with Gasteiger partial charge in [-0.1, -0.05) is 12.0 Å². The average molecular weight is 391 g/mol. The van der Waals surface area contributed by atoms with Crippen LogP contribution in [-0.4, -0.2) is 53.2 Å². The van der Waals surface area contributed by atoms with Gasteiger partial charge in [-0.05, 0) is 43.4 Å². The summed E-state index contributed by atoms with van der Waals surface area (Å²) in [5.41, 5.74) is 9.28. The molecule has 1 aromatic carbocycles. The zero-order valence-electron chi connectivity index (χ0n) is 16.6. The van der Waals surface area contributed by atoms with E-state index in [1.807, 2.05) is 32.2 Å². The molecule has 1 amide bonds. The second-order valence-electron chi connectivity index (χ2n) is 6.97. The van der Waals surface area contributed by atoms with Gasteiger partial charge >= 0.3 is 0 Å². The molecule has 0 spiro atoms. The average Bonchev–Trinajstić information content (AvgIpc) is 2.73. The van der Waals surface area contributed by atoms with E-state index in [0.29, 0.717) is 17.9 Å². The Balaban J connectivity index is 1.86. The third-order valence-electron chi connectivity index (χ3n) is 4.92. The largest absolute Gasteiger partial charge is 0.388 e. The zero-order chi connectivity index (χ0) is 20.8. The number of aromatic nitrogens is 2. The van der Waals surface area contributed by atoms with Gasteiger partial charge in [-0.2, -0.15) is 0 Å². The van der Waals surface area contributed by atoms with Crippen molar-refractivity contribution in [3.05, 3.63) is 41.2 Å². The van der Waals surface area contributed by atoms with E-state index in [2.05, 4.69) is 32.4 Å². The number of nitrogens with zero attached hydrogens (tertiary/aromatic N) is 3. The molecule has 1 atom stereocenters. The molecule has 150 valence electrons. The van der Waals surface area contributed by atoms with Crippen molar-refractivity contribution in [1.29, 1.82) is 5.41 Å². The number of aryl methyl sites for hydroxylation is 1. The van der Waals surface area contributed by atoms with Crippen LogP contribution in [0.3, 0.4) is 0 Å². The predicted molar refractivity (Wildman–Crippen MR) is 115 cm³/mol. The van der Waals surface area contributed by atoms with Gasteiger partial charge in [0.15, 0.2) is 0 Å². The monoisotopic (exact) mass is 391 g/mol. The van der Waals surface area contributed by atoms with Gasteiger partial charge in [0.25, 0.3) is 0 Å². The Morgan fingerprint density at radius 2 is 2.24 bits per heavy atom. The zero-order valence-corrected chi connectivity index (χ0v) is 16.6. The molecule has 5 N–H and O–H groups in total. The van der Waals surface area contributed by atoms with Gasteiger partial charge in [0, 0.05) is 37.4 Å². The van der Waals surface area contributed by atoms with Crippen molar-refractivity contribution < 1.29 is 4.79 Å². The fraction of sp³-hybridized carbons (Fsp3) is 0.333. The van der Waals surface area contributed by atoms with Crippen molar-refractivity contribution in [2.75, 3.05) is 36.5 Å². The smallest absolute Gasteiger partial charge is 0.209 e. The van der Waals surface area contributed by atoms with E-state index < -0.39 is 0 Å². The van der Waals surface area contributed by atoms with Crippen molar-refractivity contribution in [2.24, 2.45) is 0 Å². The van der Waals surface area contributed by atoms with Crippen LogP contribution in [0.25, 0.3) is 0 Å². The van der Waals surface area contributed by atoms with Gasteiger partial charge in [-0.25, -0.2) is 9.97 Å². The first-order valence-corrected chi connectivity index (χ1v) is 9.47. The maximum Gasteiger partial charge on any atom is 0.209 e. The summed E-state index contributed by atoms with van der Waals surface area (Å²) in [5, 5.41) is 14.9. The molecule has 2 aromatic rings. The molecule has 2 heterocycles. The molecule has 1 fully saturated rings. The van der Waals surface area contributed by atoms with E-state index in [-0.39, 0.29) is 17.6 Å². The number of hydrogen-bond acceptors (Lipinski definition) is 7. The Bertz CT molecular complexity index is 977. The number of carbonyl (C=O) groups excluding carboxylic acids is 1. The van der Waals surface area contributed by atoms with E-state index >= 15 is 0 Å². The Morgan fingerprint density at radius 1 is 1.41 bits per heavy atom. The summed E-state index contributed by atoms with van der Waals surface area (Å²) in [4.78, 5) is 21.1. The summed E-state index contributed by atoms with van der Waals surface area (Å²) in [6.07, 6.45) is 4.04. The molecule has 0 aliphatic carbocycles. The molecule has 8 nitrogen and oxygen atoms in total. The maximum atomic E-state index is 11.1. The Kier molecular flexibility index (Phi) is 6.29. The fourth-order valence-electron chi connectivity index (χ4n) is 3.27. The summed E-state index contributed by atoms with van der Waals surface area (Å²) in [6.45, 7) is 3.32. The molecule has 1 saturated heterocycles. The van der Waals surface area contributed by atoms with Crippen LogP contribution in [0.15, 0.2) is 24.5 Å². The molecule has 29 heavy (non-hydrogen) atoms. The Morgan fingerprint density at radius 3 is 3.00 bits per heavy atom. The lowest BCUT2D eigenvalue weighted by atomic mass is 10.0. The minimum atomic E-state index is 0.0392. The van der Waals surface area contributed by atoms with Gasteiger partial charge in [-0.15, -0.1) is 0 Å². The number of rotatable bonds is 5. The molecule has 8 heteroatoms. The maximum absolute atomic E-state index is 11.1. The van der Waals surface area contributed by atoms with E-state index in [1.54, 1.807) is 4.90 Å². The molecule has 0 bridgehead atoms. The lowest BCUT2D eigenvalue weighted by Crippen LogP contribution is -2.41. The van der Waals surface area contributed by atoms with E-state index in [1.165, 1.54) is 6.33 Å². The van der Waals surface area contributed by atoms with Crippen molar-refractivity contribution >= 4 is 29.4 Å². The third kappa shape index (κ3) is 4.82. The molecule has 3 rings (SSSR count). The van der Waals surface area contributed by atoms with Gasteiger partial charge in [-0.3, -0.25) is 10.2 Å². The lowest BCUT2D eigenvalue weighted by molar-refractivity contribution is -0.119. The van der Waals surface area contributed by atoms with Gasteiger partial charge in [0.1, 0.15) is 23.7 Å². The molecule has 0 saturated carbocycles. The summed E-state index contributed by atoms with van der Waals surface area (Å²) < 4.78 is 0. The molecule has 1 aliphatic heterocycles. The molecule has 1 aliphatic rings. The van der Waals surface area contributed by atoms with Crippen LogP contribution in [0.4, 0.5) is 17.3 Å². The SMILES string of the molecule is CNc1ccc(C)c(C#CC(=N)c2c(N)ncnc2NC2CCCN(C=O)C2)c1. The van der Waals surface area contributed by atoms with Crippen LogP contribution in [0.5, 0.6) is 0 Å². The fourth-order valence-corrected chi connectivity index (χ4v) is 3.27. The minimum absolute atomic E-state index is 0.0392. The van der Waals surface area contributed by atoms with E-state index in [0.717, 1.165) is 42.6 Å². The normalized spacial score (nSPS) is 15.8. The number of nitrogens with two attached hydrogens (primary N) is 1. The molecule has 1 unspecified atom stereocenters. The second kappa shape index (κ2) is 9.06. The number of amides is 1. The van der Waals surface area contributed by atoms with Crippen LogP contribution in [-0.2, 0) is 4.79 Å². The van der Waals surface area contributed by atoms with Crippen molar-refractivity contribution in [2.45, 2.75) is 25.8 Å². The molecule has 0 radical (unpaired) electrons.